The second-order valence-corrected chi connectivity index (χ2v) is 7.82. The standard InChI is InChI=1S/C16H21F3O3S.C3H8/c1-4-5-6-7-15(12(2)3)13-8-10-14(11-9-13)22-23(20,21)16(17,18)19;1-3-2/h10,13H,6-9,11H2,1-3H3;3H2,1-2H3. The molecule has 0 heterocycles. The second-order valence-electron chi connectivity index (χ2n) is 6.28. The summed E-state index contributed by atoms with van der Waals surface area (Å²) in [5, 5.41) is 0. The molecule has 0 saturated carbocycles. The number of rotatable bonds is 5. The Morgan fingerprint density at radius 2 is 1.88 bits per heavy atom. The summed E-state index contributed by atoms with van der Waals surface area (Å²) in [4.78, 5) is 0. The van der Waals surface area contributed by atoms with Crippen molar-refractivity contribution in [3.8, 4) is 11.8 Å². The van der Waals surface area contributed by atoms with Crippen LogP contribution in [0.3, 0.4) is 0 Å². The molecule has 1 aliphatic rings. The molecule has 3 nitrogen and oxygen atoms in total. The molecular weight excluding hydrogens is 365 g/mol. The summed E-state index contributed by atoms with van der Waals surface area (Å²) in [5.74, 6) is 5.90. The lowest BCUT2D eigenvalue weighted by molar-refractivity contribution is -0.0524. The monoisotopic (exact) mass is 394 g/mol. The first-order valence-electron chi connectivity index (χ1n) is 8.75. The minimum absolute atomic E-state index is 0.125. The Bertz CT molecular complexity index is 658. The van der Waals surface area contributed by atoms with Crippen molar-refractivity contribution in [2.24, 2.45) is 5.92 Å². The maximum Gasteiger partial charge on any atom is 0.534 e. The van der Waals surface area contributed by atoms with Crippen molar-refractivity contribution in [1.29, 1.82) is 0 Å². The first-order valence-corrected chi connectivity index (χ1v) is 10.2. The molecule has 0 aromatic carbocycles. The van der Waals surface area contributed by atoms with E-state index < -0.39 is 15.6 Å². The third kappa shape index (κ3) is 8.31. The van der Waals surface area contributed by atoms with E-state index in [1.807, 2.05) is 13.8 Å². The third-order valence-electron chi connectivity index (χ3n) is 3.70. The van der Waals surface area contributed by atoms with E-state index in [2.05, 4.69) is 29.9 Å². The summed E-state index contributed by atoms with van der Waals surface area (Å²) in [5.41, 5.74) is -2.98. The number of allylic oxidation sites excluding steroid dienone is 4. The molecule has 1 rings (SSSR count). The van der Waals surface area contributed by atoms with E-state index in [1.165, 1.54) is 23.6 Å². The number of hydrogen-bond acceptors (Lipinski definition) is 3. The topological polar surface area (TPSA) is 43.4 Å². The third-order valence-corrected chi connectivity index (χ3v) is 4.70. The van der Waals surface area contributed by atoms with Gasteiger partial charge in [0, 0.05) is 12.8 Å². The van der Waals surface area contributed by atoms with Crippen LogP contribution in [-0.4, -0.2) is 13.9 Å². The van der Waals surface area contributed by atoms with Crippen LogP contribution in [0.2, 0.25) is 0 Å². The minimum Gasteiger partial charge on any atom is -0.381 e. The summed E-state index contributed by atoms with van der Waals surface area (Å²) in [6.07, 6.45) is 5.48. The Kier molecular flexibility index (Phi) is 10.7. The number of halogens is 3. The minimum atomic E-state index is -5.57. The number of hydrogen-bond donors (Lipinski definition) is 0. The van der Waals surface area contributed by atoms with Gasteiger partial charge in [-0.2, -0.15) is 21.6 Å². The van der Waals surface area contributed by atoms with Gasteiger partial charge in [0.1, 0.15) is 5.76 Å². The Balaban J connectivity index is 0.00000194. The van der Waals surface area contributed by atoms with Gasteiger partial charge in [-0.3, -0.25) is 0 Å². The fourth-order valence-corrected chi connectivity index (χ4v) is 3.10. The van der Waals surface area contributed by atoms with Crippen molar-refractivity contribution in [2.45, 2.75) is 78.7 Å². The molecule has 0 aromatic rings. The van der Waals surface area contributed by atoms with Crippen LogP contribution in [0.4, 0.5) is 13.2 Å². The summed E-state index contributed by atoms with van der Waals surface area (Å²) in [6.45, 7) is 10.0. The highest BCUT2D eigenvalue weighted by Crippen LogP contribution is 2.35. The zero-order valence-corrected chi connectivity index (χ0v) is 17.0. The maximum absolute atomic E-state index is 12.3. The van der Waals surface area contributed by atoms with E-state index in [9.17, 15) is 21.6 Å². The molecule has 0 fully saturated rings. The fourth-order valence-electron chi connectivity index (χ4n) is 2.57. The molecule has 0 aliphatic heterocycles. The molecule has 7 heteroatoms. The maximum atomic E-state index is 12.3. The zero-order chi connectivity index (χ0) is 20.4. The van der Waals surface area contributed by atoms with Gasteiger partial charge in [0.2, 0.25) is 0 Å². The van der Waals surface area contributed by atoms with Gasteiger partial charge in [0.25, 0.3) is 0 Å². The quantitative estimate of drug-likeness (QED) is 0.245. The molecule has 0 N–H and O–H groups in total. The molecule has 0 bridgehead atoms. The van der Waals surface area contributed by atoms with Crippen molar-refractivity contribution in [2.75, 3.05) is 0 Å². The van der Waals surface area contributed by atoms with Crippen molar-refractivity contribution in [3.05, 3.63) is 23.0 Å². The molecule has 0 radical (unpaired) electrons. The summed E-state index contributed by atoms with van der Waals surface area (Å²) < 4.78 is 63.1. The van der Waals surface area contributed by atoms with Crippen molar-refractivity contribution < 1.29 is 25.8 Å². The normalized spacial score (nSPS) is 17.1. The van der Waals surface area contributed by atoms with Gasteiger partial charge in [-0.25, -0.2) is 0 Å². The van der Waals surface area contributed by atoms with E-state index >= 15 is 0 Å². The SMILES string of the molecule is CC#CCCC(=C(C)C)C1CC=C(OS(=O)(=O)C(F)(F)F)CC1.CCC. The molecule has 1 aliphatic carbocycles. The van der Waals surface area contributed by atoms with Crippen molar-refractivity contribution in [3.63, 3.8) is 0 Å². The van der Waals surface area contributed by atoms with Gasteiger partial charge in [-0.05, 0) is 52.0 Å². The van der Waals surface area contributed by atoms with Gasteiger partial charge in [-0.15, -0.1) is 11.8 Å². The predicted molar refractivity (Wildman–Crippen MR) is 98.5 cm³/mol. The summed E-state index contributed by atoms with van der Waals surface area (Å²) >= 11 is 0. The van der Waals surface area contributed by atoms with Crippen molar-refractivity contribution in [1.82, 2.24) is 0 Å². The van der Waals surface area contributed by atoms with Crippen LogP contribution in [0.25, 0.3) is 0 Å². The lowest BCUT2D eigenvalue weighted by Crippen LogP contribution is -2.26. The summed E-state index contributed by atoms with van der Waals surface area (Å²) in [7, 11) is -5.57. The van der Waals surface area contributed by atoms with E-state index in [4.69, 9.17) is 0 Å². The van der Waals surface area contributed by atoms with Gasteiger partial charge in [0.15, 0.2) is 0 Å². The Labute approximate surface area is 155 Å². The van der Waals surface area contributed by atoms with Crippen LogP contribution in [0, 0.1) is 17.8 Å². The molecule has 0 spiro atoms. The zero-order valence-electron chi connectivity index (χ0n) is 16.2. The molecule has 1 unspecified atom stereocenters. The molecule has 26 heavy (non-hydrogen) atoms. The molecule has 1 atom stereocenters. The highest BCUT2D eigenvalue weighted by atomic mass is 32.2. The van der Waals surface area contributed by atoms with Gasteiger partial charge >= 0.3 is 15.6 Å². The van der Waals surface area contributed by atoms with Gasteiger partial charge < -0.3 is 4.18 Å². The Hall–Kier alpha value is -1.42. The van der Waals surface area contributed by atoms with Crippen LogP contribution >= 0.6 is 0 Å². The van der Waals surface area contributed by atoms with E-state index in [1.54, 1.807) is 6.92 Å². The lowest BCUT2D eigenvalue weighted by Gasteiger charge is -2.25. The van der Waals surface area contributed by atoms with Gasteiger partial charge in [0.05, 0.1) is 0 Å². The first-order chi connectivity index (χ1) is 12.0. The highest BCUT2D eigenvalue weighted by Gasteiger charge is 2.48. The first kappa shape index (κ1) is 24.6. The second kappa shape index (κ2) is 11.3. The van der Waals surface area contributed by atoms with E-state index in [-0.39, 0.29) is 18.1 Å². The lowest BCUT2D eigenvalue weighted by atomic mass is 9.82. The predicted octanol–water partition coefficient (Wildman–Crippen LogP) is 6.09. The van der Waals surface area contributed by atoms with E-state index in [0.717, 1.165) is 12.8 Å². The van der Waals surface area contributed by atoms with Crippen LogP contribution < -0.4 is 0 Å². The van der Waals surface area contributed by atoms with Gasteiger partial charge in [-0.1, -0.05) is 31.4 Å². The fraction of sp³-hybridized carbons (Fsp3) is 0.684. The highest BCUT2D eigenvalue weighted by molar-refractivity contribution is 7.87. The van der Waals surface area contributed by atoms with E-state index in [0.29, 0.717) is 12.8 Å². The van der Waals surface area contributed by atoms with Crippen LogP contribution in [0.15, 0.2) is 23.0 Å². The molecule has 150 valence electrons. The largest absolute Gasteiger partial charge is 0.534 e. The van der Waals surface area contributed by atoms with Crippen LogP contribution in [-0.2, 0) is 14.3 Å². The molecular formula is C19H29F3O3S. The summed E-state index contributed by atoms with van der Waals surface area (Å²) in [6, 6.07) is 0. The molecule has 0 amide bonds. The Morgan fingerprint density at radius 3 is 2.27 bits per heavy atom. The smallest absolute Gasteiger partial charge is 0.381 e. The molecule has 0 saturated heterocycles. The van der Waals surface area contributed by atoms with Crippen LogP contribution in [0.5, 0.6) is 0 Å². The number of alkyl halides is 3. The average Bonchev–Trinajstić information content (AvgIpc) is 2.52. The Morgan fingerprint density at radius 1 is 1.31 bits per heavy atom. The average molecular weight is 394 g/mol. The molecule has 0 aromatic heterocycles. The van der Waals surface area contributed by atoms with Crippen molar-refractivity contribution >= 4 is 10.1 Å². The van der Waals surface area contributed by atoms with Crippen LogP contribution in [0.1, 0.15) is 73.1 Å².